The van der Waals surface area contributed by atoms with Crippen LogP contribution >= 0.6 is 0 Å². The molecular weight excluding hydrogens is 271 g/mol. The molecule has 0 aliphatic carbocycles. The van der Waals surface area contributed by atoms with Gasteiger partial charge < -0.3 is 10.0 Å². The lowest BCUT2D eigenvalue weighted by atomic mass is 10.0. The van der Waals surface area contributed by atoms with Gasteiger partial charge in [0.25, 0.3) is 0 Å². The Hall–Kier alpha value is -2.43. The summed E-state index contributed by atoms with van der Waals surface area (Å²) in [5.41, 5.74) is 0.924. The molecule has 5 heteroatoms. The Kier molecular flexibility index (Phi) is 3.56. The number of carboxylic acid groups (broad SMARTS) is 1. The summed E-state index contributed by atoms with van der Waals surface area (Å²) in [7, 11) is 0. The number of anilines is 1. The van der Waals surface area contributed by atoms with Crippen molar-refractivity contribution in [1.29, 1.82) is 0 Å². The average molecular weight is 286 g/mol. The minimum absolute atomic E-state index is 0.0254. The Balaban J connectivity index is 1.94. The summed E-state index contributed by atoms with van der Waals surface area (Å²) in [5, 5.41) is 9.04. The number of carboxylic acids is 1. The van der Waals surface area contributed by atoms with E-state index in [1.165, 1.54) is 18.2 Å². The minimum Gasteiger partial charge on any atom is -0.477 e. The molecule has 1 saturated heterocycles. The Morgan fingerprint density at radius 3 is 2.86 bits per heavy atom. The van der Waals surface area contributed by atoms with Crippen LogP contribution in [0.3, 0.4) is 0 Å². The Morgan fingerprint density at radius 2 is 2.10 bits per heavy atom. The highest BCUT2D eigenvalue weighted by Gasteiger charge is 2.27. The van der Waals surface area contributed by atoms with Crippen LogP contribution in [-0.2, 0) is 0 Å². The standard InChI is InChI=1S/C16H15FN2O2/c17-12-5-1-4-11(10-12)14-7-3-9-19(14)15-8-2-6-13(18-15)16(20)21/h1-2,4-6,8,10,14H,3,7,9H2,(H,20,21). The van der Waals surface area contributed by atoms with Crippen molar-refractivity contribution in [3.05, 3.63) is 59.5 Å². The lowest BCUT2D eigenvalue weighted by Crippen LogP contribution is -2.24. The fourth-order valence-corrected chi connectivity index (χ4v) is 2.80. The van der Waals surface area contributed by atoms with Gasteiger partial charge in [-0.05, 0) is 42.7 Å². The number of pyridine rings is 1. The Morgan fingerprint density at radius 1 is 1.29 bits per heavy atom. The molecule has 1 unspecified atom stereocenters. The number of hydrogen-bond donors (Lipinski definition) is 1. The molecule has 1 aromatic carbocycles. The summed E-state index contributed by atoms with van der Waals surface area (Å²) in [6.45, 7) is 0.789. The number of rotatable bonds is 3. The van der Waals surface area contributed by atoms with Crippen molar-refractivity contribution in [1.82, 2.24) is 4.98 Å². The van der Waals surface area contributed by atoms with Crippen molar-refractivity contribution in [2.75, 3.05) is 11.4 Å². The zero-order valence-corrected chi connectivity index (χ0v) is 11.4. The van der Waals surface area contributed by atoms with Crippen LogP contribution in [0.5, 0.6) is 0 Å². The fourth-order valence-electron chi connectivity index (χ4n) is 2.80. The van der Waals surface area contributed by atoms with Gasteiger partial charge in [0, 0.05) is 6.54 Å². The summed E-state index contributed by atoms with van der Waals surface area (Å²) >= 11 is 0. The summed E-state index contributed by atoms with van der Waals surface area (Å²) in [6, 6.07) is 11.5. The first-order valence-electron chi connectivity index (χ1n) is 6.87. The van der Waals surface area contributed by atoms with E-state index in [2.05, 4.69) is 4.98 Å². The number of aromatic nitrogens is 1. The highest BCUT2D eigenvalue weighted by atomic mass is 19.1. The van der Waals surface area contributed by atoms with E-state index in [1.807, 2.05) is 11.0 Å². The van der Waals surface area contributed by atoms with Crippen LogP contribution in [0.4, 0.5) is 10.2 Å². The van der Waals surface area contributed by atoms with Gasteiger partial charge in [-0.2, -0.15) is 0 Å². The molecule has 0 amide bonds. The van der Waals surface area contributed by atoms with Crippen LogP contribution in [0.2, 0.25) is 0 Å². The molecule has 4 nitrogen and oxygen atoms in total. The van der Waals surface area contributed by atoms with Crippen LogP contribution in [-0.4, -0.2) is 22.6 Å². The van der Waals surface area contributed by atoms with E-state index in [0.29, 0.717) is 5.82 Å². The first-order valence-corrected chi connectivity index (χ1v) is 6.87. The molecule has 1 aromatic heterocycles. The zero-order chi connectivity index (χ0) is 14.8. The molecular formula is C16H15FN2O2. The number of benzene rings is 1. The average Bonchev–Trinajstić information content (AvgIpc) is 2.97. The maximum atomic E-state index is 13.4. The van der Waals surface area contributed by atoms with Crippen LogP contribution in [0.15, 0.2) is 42.5 Å². The zero-order valence-electron chi connectivity index (χ0n) is 11.4. The number of aromatic carboxylic acids is 1. The van der Waals surface area contributed by atoms with E-state index >= 15 is 0 Å². The van der Waals surface area contributed by atoms with Gasteiger partial charge in [0.1, 0.15) is 11.6 Å². The van der Waals surface area contributed by atoms with E-state index in [0.717, 1.165) is 24.9 Å². The van der Waals surface area contributed by atoms with Crippen LogP contribution in [0, 0.1) is 5.82 Å². The normalized spacial score (nSPS) is 18.0. The maximum Gasteiger partial charge on any atom is 0.354 e. The molecule has 0 bridgehead atoms. The molecule has 0 saturated carbocycles. The molecule has 108 valence electrons. The molecule has 0 radical (unpaired) electrons. The van der Waals surface area contributed by atoms with Crippen molar-refractivity contribution < 1.29 is 14.3 Å². The summed E-state index contributed by atoms with van der Waals surface area (Å²) < 4.78 is 13.4. The second-order valence-corrected chi connectivity index (χ2v) is 5.09. The molecule has 2 heterocycles. The highest BCUT2D eigenvalue weighted by Crippen LogP contribution is 2.35. The van der Waals surface area contributed by atoms with E-state index < -0.39 is 5.97 Å². The van der Waals surface area contributed by atoms with Gasteiger partial charge in [-0.3, -0.25) is 0 Å². The van der Waals surface area contributed by atoms with E-state index in [4.69, 9.17) is 5.11 Å². The molecule has 0 spiro atoms. The highest BCUT2D eigenvalue weighted by molar-refractivity contribution is 5.85. The Labute approximate surface area is 121 Å². The minimum atomic E-state index is -1.04. The van der Waals surface area contributed by atoms with Gasteiger partial charge in [0.15, 0.2) is 5.69 Å². The molecule has 1 N–H and O–H groups in total. The second-order valence-electron chi connectivity index (χ2n) is 5.09. The quantitative estimate of drug-likeness (QED) is 0.941. The molecule has 1 aliphatic heterocycles. The van der Waals surface area contributed by atoms with E-state index in [1.54, 1.807) is 18.2 Å². The monoisotopic (exact) mass is 286 g/mol. The van der Waals surface area contributed by atoms with Crippen LogP contribution in [0.1, 0.15) is 34.9 Å². The van der Waals surface area contributed by atoms with Gasteiger partial charge in [-0.1, -0.05) is 18.2 Å². The van der Waals surface area contributed by atoms with Crippen molar-refractivity contribution in [3.8, 4) is 0 Å². The predicted octanol–water partition coefficient (Wildman–Crippen LogP) is 3.26. The third kappa shape index (κ3) is 2.72. The van der Waals surface area contributed by atoms with Gasteiger partial charge in [-0.15, -0.1) is 0 Å². The van der Waals surface area contributed by atoms with Crippen molar-refractivity contribution in [3.63, 3.8) is 0 Å². The SMILES string of the molecule is O=C(O)c1cccc(N2CCCC2c2cccc(F)c2)n1. The summed E-state index contributed by atoms with van der Waals surface area (Å²) in [6.07, 6.45) is 1.88. The van der Waals surface area contributed by atoms with Gasteiger partial charge in [0.05, 0.1) is 6.04 Å². The van der Waals surface area contributed by atoms with Crippen molar-refractivity contribution in [2.24, 2.45) is 0 Å². The molecule has 21 heavy (non-hydrogen) atoms. The lowest BCUT2D eigenvalue weighted by Gasteiger charge is -2.26. The molecule has 1 atom stereocenters. The molecule has 3 rings (SSSR count). The first-order chi connectivity index (χ1) is 10.1. The van der Waals surface area contributed by atoms with Crippen LogP contribution in [0.25, 0.3) is 0 Å². The van der Waals surface area contributed by atoms with E-state index in [9.17, 15) is 9.18 Å². The smallest absolute Gasteiger partial charge is 0.354 e. The molecule has 2 aromatic rings. The van der Waals surface area contributed by atoms with Gasteiger partial charge >= 0.3 is 5.97 Å². The van der Waals surface area contributed by atoms with Crippen molar-refractivity contribution in [2.45, 2.75) is 18.9 Å². The number of nitrogens with zero attached hydrogens (tertiary/aromatic N) is 2. The summed E-state index contributed by atoms with van der Waals surface area (Å²) in [4.78, 5) is 17.3. The largest absolute Gasteiger partial charge is 0.477 e. The number of carbonyl (C=O) groups is 1. The summed E-state index contributed by atoms with van der Waals surface area (Å²) in [5.74, 6) is -0.674. The topological polar surface area (TPSA) is 53.4 Å². The van der Waals surface area contributed by atoms with E-state index in [-0.39, 0.29) is 17.6 Å². The second kappa shape index (κ2) is 5.52. The maximum absolute atomic E-state index is 13.4. The Bertz CT molecular complexity index is 675. The third-order valence-corrected chi connectivity index (χ3v) is 3.73. The van der Waals surface area contributed by atoms with Crippen molar-refractivity contribution >= 4 is 11.8 Å². The van der Waals surface area contributed by atoms with Gasteiger partial charge in [-0.25, -0.2) is 14.2 Å². The first kappa shape index (κ1) is 13.5. The van der Waals surface area contributed by atoms with Gasteiger partial charge in [0.2, 0.25) is 0 Å². The molecule has 1 aliphatic rings. The predicted molar refractivity (Wildman–Crippen MR) is 76.9 cm³/mol. The van der Waals surface area contributed by atoms with Crippen LogP contribution < -0.4 is 4.90 Å². The lowest BCUT2D eigenvalue weighted by molar-refractivity contribution is 0.0690. The fraction of sp³-hybridized carbons (Fsp3) is 0.250. The number of hydrogen-bond acceptors (Lipinski definition) is 3. The molecule has 1 fully saturated rings. The number of halogens is 1. The third-order valence-electron chi connectivity index (χ3n) is 3.73.